The first-order valence-electron chi connectivity index (χ1n) is 7.93. The molecule has 3 rings (SSSR count). The fourth-order valence-corrected chi connectivity index (χ4v) is 2.22. The lowest BCUT2D eigenvalue weighted by Crippen LogP contribution is -2.08. The summed E-state index contributed by atoms with van der Waals surface area (Å²) < 4.78 is 43.7. The largest absolute Gasteiger partial charge is 0.438 e. The first-order chi connectivity index (χ1) is 13.4. The lowest BCUT2D eigenvalue weighted by Gasteiger charge is -2.12. The minimum atomic E-state index is -4.44. The van der Waals surface area contributed by atoms with Gasteiger partial charge in [0.15, 0.2) is 5.82 Å². The summed E-state index contributed by atoms with van der Waals surface area (Å²) in [5.74, 6) is 0.0628. The molecule has 0 spiro atoms. The number of hydrogen-bond donors (Lipinski definition) is 1. The van der Waals surface area contributed by atoms with Crippen molar-refractivity contribution in [1.29, 1.82) is 0 Å². The van der Waals surface area contributed by atoms with Crippen molar-refractivity contribution in [1.82, 2.24) is 15.0 Å². The number of nitrogens with zero attached hydrogens (tertiary/aromatic N) is 3. The summed E-state index contributed by atoms with van der Waals surface area (Å²) in [5.41, 5.74) is -0.0867. The third kappa shape index (κ3) is 4.50. The minimum absolute atomic E-state index is 0.0718. The number of hydrogen-bond acceptors (Lipinski definition) is 5. The number of benzene rings is 1. The van der Waals surface area contributed by atoms with Crippen molar-refractivity contribution in [3.05, 3.63) is 73.2 Å². The van der Waals surface area contributed by atoms with E-state index < -0.39 is 17.6 Å². The van der Waals surface area contributed by atoms with Crippen molar-refractivity contribution in [3.8, 4) is 23.0 Å². The van der Waals surface area contributed by atoms with E-state index in [1.165, 1.54) is 30.7 Å². The van der Waals surface area contributed by atoms with Crippen molar-refractivity contribution in [2.75, 3.05) is 5.32 Å². The Balaban J connectivity index is 1.95. The number of ether oxygens (including phenoxy) is 1. The summed E-state index contributed by atoms with van der Waals surface area (Å²) in [6, 6.07) is 7.36. The fourth-order valence-electron chi connectivity index (χ4n) is 2.22. The van der Waals surface area contributed by atoms with Crippen LogP contribution in [0.2, 0.25) is 0 Å². The number of rotatable bonds is 5. The molecule has 2 aromatic heterocycles. The Morgan fingerprint density at radius 3 is 2.39 bits per heavy atom. The highest BCUT2D eigenvalue weighted by Crippen LogP contribution is 2.34. The molecule has 9 heteroatoms. The number of carbonyl (C=O) groups excluding carboxylic acids is 1. The van der Waals surface area contributed by atoms with Gasteiger partial charge in [0.05, 0.1) is 23.0 Å². The van der Waals surface area contributed by atoms with Gasteiger partial charge in [-0.3, -0.25) is 4.79 Å². The highest BCUT2D eigenvalue weighted by molar-refractivity contribution is 5.99. The van der Waals surface area contributed by atoms with Crippen LogP contribution in [0, 0.1) is 0 Å². The molecule has 6 nitrogen and oxygen atoms in total. The van der Waals surface area contributed by atoms with Crippen molar-refractivity contribution < 1.29 is 22.7 Å². The molecule has 0 aliphatic rings. The third-order valence-electron chi connectivity index (χ3n) is 3.51. The van der Waals surface area contributed by atoms with Crippen molar-refractivity contribution >= 4 is 11.6 Å². The Morgan fingerprint density at radius 1 is 1.11 bits per heavy atom. The van der Waals surface area contributed by atoms with E-state index in [-0.39, 0.29) is 17.5 Å². The van der Waals surface area contributed by atoms with Gasteiger partial charge in [-0.25, -0.2) is 15.0 Å². The van der Waals surface area contributed by atoms with Crippen molar-refractivity contribution in [2.45, 2.75) is 6.18 Å². The van der Waals surface area contributed by atoms with Gasteiger partial charge in [-0.2, -0.15) is 13.2 Å². The van der Waals surface area contributed by atoms with Crippen LogP contribution in [0.25, 0.3) is 11.4 Å². The summed E-state index contributed by atoms with van der Waals surface area (Å²) in [7, 11) is 0. The van der Waals surface area contributed by atoms with Gasteiger partial charge >= 0.3 is 6.18 Å². The molecule has 28 heavy (non-hydrogen) atoms. The molecule has 1 aromatic carbocycles. The van der Waals surface area contributed by atoms with Crippen LogP contribution in [-0.4, -0.2) is 20.9 Å². The smallest absolute Gasteiger partial charge is 0.416 e. The lowest BCUT2D eigenvalue weighted by molar-refractivity contribution is -0.137. The second-order valence-electron chi connectivity index (χ2n) is 5.47. The molecular weight excluding hydrogens is 373 g/mol. The summed E-state index contributed by atoms with van der Waals surface area (Å²) >= 11 is 0. The summed E-state index contributed by atoms with van der Waals surface area (Å²) in [6.45, 7) is 3.37. The molecule has 0 saturated heterocycles. The number of anilines is 1. The molecule has 1 amide bonds. The van der Waals surface area contributed by atoms with E-state index in [1.54, 1.807) is 12.1 Å². The van der Waals surface area contributed by atoms with Crippen LogP contribution in [0.3, 0.4) is 0 Å². The first-order valence-corrected chi connectivity index (χ1v) is 7.93. The maximum Gasteiger partial charge on any atom is 0.416 e. The molecule has 0 atom stereocenters. The predicted octanol–water partition coefficient (Wildman–Crippen LogP) is 4.47. The number of amides is 1. The number of pyridine rings is 1. The molecule has 3 aromatic rings. The zero-order valence-electron chi connectivity index (χ0n) is 14.3. The lowest BCUT2D eigenvalue weighted by atomic mass is 10.2. The van der Waals surface area contributed by atoms with Crippen LogP contribution < -0.4 is 10.1 Å². The van der Waals surface area contributed by atoms with Gasteiger partial charge in [-0.05, 0) is 42.5 Å². The van der Waals surface area contributed by atoms with Gasteiger partial charge in [0, 0.05) is 12.4 Å². The number of aromatic nitrogens is 3. The molecule has 0 saturated carbocycles. The van der Waals surface area contributed by atoms with Crippen LogP contribution in [0.1, 0.15) is 5.56 Å². The van der Waals surface area contributed by atoms with Crippen molar-refractivity contribution in [2.24, 2.45) is 0 Å². The second kappa shape index (κ2) is 7.87. The van der Waals surface area contributed by atoms with Crippen LogP contribution in [-0.2, 0) is 11.0 Å². The number of alkyl halides is 3. The second-order valence-corrected chi connectivity index (χ2v) is 5.47. The maximum atomic E-state index is 12.7. The molecule has 0 fully saturated rings. The van der Waals surface area contributed by atoms with Crippen LogP contribution >= 0.6 is 0 Å². The van der Waals surface area contributed by atoms with E-state index in [2.05, 4.69) is 26.8 Å². The number of nitrogens with one attached hydrogen (secondary N) is 1. The topological polar surface area (TPSA) is 77.0 Å². The molecule has 0 radical (unpaired) electrons. The summed E-state index contributed by atoms with van der Waals surface area (Å²) in [6.07, 6.45) is 1.03. The first kappa shape index (κ1) is 19.0. The average molecular weight is 386 g/mol. The van der Waals surface area contributed by atoms with Gasteiger partial charge in [-0.1, -0.05) is 6.58 Å². The zero-order chi connectivity index (χ0) is 20.1. The SMILES string of the molecule is C=CC(=O)Nc1cnc(Oc2ccc(C(F)(F)F)cc2)c(-c2ncccn2)c1. The van der Waals surface area contributed by atoms with Crippen LogP contribution in [0.4, 0.5) is 18.9 Å². The summed E-state index contributed by atoms with van der Waals surface area (Å²) in [5, 5.41) is 2.56. The molecule has 0 aliphatic carbocycles. The van der Waals surface area contributed by atoms with E-state index in [0.717, 1.165) is 18.2 Å². The molecule has 1 N–H and O–H groups in total. The Labute approximate surface area is 157 Å². The Bertz CT molecular complexity index is 990. The van der Waals surface area contributed by atoms with Gasteiger partial charge < -0.3 is 10.1 Å². The Kier molecular flexibility index (Phi) is 5.35. The molecule has 0 unspecified atom stereocenters. The van der Waals surface area contributed by atoms with E-state index in [4.69, 9.17) is 4.74 Å². The normalized spacial score (nSPS) is 11.0. The zero-order valence-corrected chi connectivity index (χ0v) is 14.3. The number of halogens is 3. The highest BCUT2D eigenvalue weighted by Gasteiger charge is 2.30. The Morgan fingerprint density at radius 2 is 1.79 bits per heavy atom. The minimum Gasteiger partial charge on any atom is -0.438 e. The van der Waals surface area contributed by atoms with E-state index in [0.29, 0.717) is 11.3 Å². The van der Waals surface area contributed by atoms with Gasteiger partial charge in [0.25, 0.3) is 0 Å². The molecule has 0 bridgehead atoms. The van der Waals surface area contributed by atoms with Crippen LogP contribution in [0.15, 0.2) is 67.6 Å². The van der Waals surface area contributed by atoms with E-state index >= 15 is 0 Å². The monoisotopic (exact) mass is 386 g/mol. The van der Waals surface area contributed by atoms with Gasteiger partial charge in [0.1, 0.15) is 5.75 Å². The highest BCUT2D eigenvalue weighted by atomic mass is 19.4. The quantitative estimate of drug-likeness (QED) is 0.655. The van der Waals surface area contributed by atoms with Crippen molar-refractivity contribution in [3.63, 3.8) is 0 Å². The van der Waals surface area contributed by atoms with Crippen LogP contribution in [0.5, 0.6) is 11.6 Å². The number of carbonyl (C=O) groups is 1. The average Bonchev–Trinajstić information content (AvgIpc) is 2.69. The molecular formula is C19H13F3N4O2. The van der Waals surface area contributed by atoms with E-state index in [9.17, 15) is 18.0 Å². The van der Waals surface area contributed by atoms with E-state index in [1.807, 2.05) is 0 Å². The molecule has 2 heterocycles. The molecule has 142 valence electrons. The maximum absolute atomic E-state index is 12.7. The van der Waals surface area contributed by atoms with Gasteiger partial charge in [-0.15, -0.1) is 0 Å². The van der Waals surface area contributed by atoms with Gasteiger partial charge in [0.2, 0.25) is 11.8 Å². The summed E-state index contributed by atoms with van der Waals surface area (Å²) in [4.78, 5) is 23.9. The third-order valence-corrected chi connectivity index (χ3v) is 3.51. The standard InChI is InChI=1S/C19H13F3N4O2/c1-2-16(27)26-13-10-15(17-23-8-3-9-24-17)18(25-11-13)28-14-6-4-12(5-7-14)19(20,21)22/h2-11H,1H2,(H,26,27). The predicted molar refractivity (Wildman–Crippen MR) is 95.6 cm³/mol. The Hall–Kier alpha value is -3.75. The fraction of sp³-hybridized carbons (Fsp3) is 0.0526. The molecule has 0 aliphatic heterocycles.